The lowest BCUT2D eigenvalue weighted by molar-refractivity contribution is -0.155. The van der Waals surface area contributed by atoms with Crippen LogP contribution in [0.15, 0.2) is 30.3 Å². The van der Waals surface area contributed by atoms with E-state index in [4.69, 9.17) is 9.47 Å². The van der Waals surface area contributed by atoms with Crippen LogP contribution in [0.4, 0.5) is 4.79 Å². The highest BCUT2D eigenvalue weighted by molar-refractivity contribution is 5.78. The summed E-state index contributed by atoms with van der Waals surface area (Å²) >= 11 is 0. The van der Waals surface area contributed by atoms with Gasteiger partial charge in [-0.2, -0.15) is 0 Å². The van der Waals surface area contributed by atoms with Crippen LogP contribution in [0.2, 0.25) is 0 Å². The minimum Gasteiger partial charge on any atom is -0.469 e. The van der Waals surface area contributed by atoms with Gasteiger partial charge in [0, 0.05) is 6.54 Å². The van der Waals surface area contributed by atoms with Crippen molar-refractivity contribution < 1.29 is 19.1 Å². The van der Waals surface area contributed by atoms with Gasteiger partial charge in [-0.25, -0.2) is 4.79 Å². The number of esters is 1. The lowest BCUT2D eigenvalue weighted by Crippen LogP contribution is -2.54. The van der Waals surface area contributed by atoms with Crippen LogP contribution in [-0.2, 0) is 20.9 Å². The highest BCUT2D eigenvalue weighted by Gasteiger charge is 2.44. The van der Waals surface area contributed by atoms with Gasteiger partial charge in [-0.1, -0.05) is 30.3 Å². The monoisotopic (exact) mass is 319 g/mol. The fourth-order valence-electron chi connectivity index (χ4n) is 3.10. The van der Waals surface area contributed by atoms with Gasteiger partial charge in [-0.15, -0.1) is 0 Å². The molecule has 1 aromatic rings. The predicted octanol–water partition coefficient (Wildman–Crippen LogP) is 3.38. The molecule has 1 aromatic carbocycles. The van der Waals surface area contributed by atoms with Crippen LogP contribution in [-0.4, -0.2) is 36.7 Å². The maximum atomic E-state index is 12.5. The van der Waals surface area contributed by atoms with Gasteiger partial charge >= 0.3 is 12.1 Å². The molecule has 1 aliphatic rings. The summed E-state index contributed by atoms with van der Waals surface area (Å²) in [6, 6.07) is 9.37. The van der Waals surface area contributed by atoms with Crippen molar-refractivity contribution in [2.24, 2.45) is 5.41 Å². The molecule has 126 valence electrons. The molecule has 0 aromatic heterocycles. The summed E-state index contributed by atoms with van der Waals surface area (Å²) in [6.07, 6.45) is 2.33. The minimum atomic E-state index is -0.749. The smallest absolute Gasteiger partial charge is 0.410 e. The van der Waals surface area contributed by atoms with E-state index < -0.39 is 5.41 Å². The number of carbonyl (C=O) groups excluding carboxylic acids is 2. The standard InChI is InChI=1S/C18H25NO4/c1-18(2,16(20)22-3)15-11-7-8-12-19(15)17(21)23-13-14-9-5-4-6-10-14/h4-6,9-10,15H,7-8,11-13H2,1-3H3. The summed E-state index contributed by atoms with van der Waals surface area (Å²) in [5.41, 5.74) is 0.197. The summed E-state index contributed by atoms with van der Waals surface area (Å²) in [4.78, 5) is 26.3. The fourth-order valence-corrected chi connectivity index (χ4v) is 3.10. The molecule has 1 saturated heterocycles. The van der Waals surface area contributed by atoms with Crippen molar-refractivity contribution >= 4 is 12.1 Å². The first-order chi connectivity index (χ1) is 11.0. The third kappa shape index (κ3) is 4.03. The Labute approximate surface area is 137 Å². The molecule has 1 amide bonds. The van der Waals surface area contributed by atoms with Gasteiger partial charge in [0.15, 0.2) is 0 Å². The Kier molecular flexibility index (Phi) is 5.64. The molecular weight excluding hydrogens is 294 g/mol. The molecular formula is C18H25NO4. The number of carbonyl (C=O) groups is 2. The second kappa shape index (κ2) is 7.49. The van der Waals surface area contributed by atoms with Crippen molar-refractivity contribution in [2.45, 2.75) is 45.8 Å². The van der Waals surface area contributed by atoms with Gasteiger partial charge < -0.3 is 14.4 Å². The predicted molar refractivity (Wildman–Crippen MR) is 86.8 cm³/mol. The van der Waals surface area contributed by atoms with E-state index >= 15 is 0 Å². The first-order valence-corrected chi connectivity index (χ1v) is 8.02. The third-order valence-electron chi connectivity index (χ3n) is 4.49. The van der Waals surface area contributed by atoms with Gasteiger partial charge in [-0.3, -0.25) is 4.79 Å². The summed E-state index contributed by atoms with van der Waals surface area (Å²) in [7, 11) is 1.38. The van der Waals surface area contributed by atoms with E-state index in [1.165, 1.54) is 7.11 Å². The maximum Gasteiger partial charge on any atom is 0.410 e. The molecule has 0 saturated carbocycles. The van der Waals surface area contributed by atoms with E-state index in [0.29, 0.717) is 6.54 Å². The average molecular weight is 319 g/mol. The first-order valence-electron chi connectivity index (χ1n) is 8.02. The van der Waals surface area contributed by atoms with Crippen molar-refractivity contribution in [3.8, 4) is 0 Å². The van der Waals surface area contributed by atoms with Gasteiger partial charge in [0.25, 0.3) is 0 Å². The summed E-state index contributed by atoms with van der Waals surface area (Å²) in [5.74, 6) is -0.301. The second-order valence-electron chi connectivity index (χ2n) is 6.46. The van der Waals surface area contributed by atoms with E-state index in [0.717, 1.165) is 24.8 Å². The SMILES string of the molecule is COC(=O)C(C)(C)C1CCCCN1C(=O)OCc1ccccc1. The number of likely N-dealkylation sites (tertiary alicyclic amines) is 1. The van der Waals surface area contributed by atoms with Crippen molar-refractivity contribution in [3.05, 3.63) is 35.9 Å². The minimum absolute atomic E-state index is 0.202. The van der Waals surface area contributed by atoms with Crippen LogP contribution in [0.3, 0.4) is 0 Å². The fraction of sp³-hybridized carbons (Fsp3) is 0.556. The normalized spacial score (nSPS) is 18.4. The number of nitrogens with zero attached hydrogens (tertiary/aromatic N) is 1. The zero-order chi connectivity index (χ0) is 16.9. The van der Waals surface area contributed by atoms with Crippen molar-refractivity contribution in [1.82, 2.24) is 4.90 Å². The molecule has 0 spiro atoms. The number of rotatable bonds is 4. The van der Waals surface area contributed by atoms with Gasteiger partial charge in [0.2, 0.25) is 0 Å². The molecule has 1 heterocycles. The van der Waals surface area contributed by atoms with Gasteiger partial charge in [0.1, 0.15) is 6.61 Å². The second-order valence-corrected chi connectivity index (χ2v) is 6.46. The third-order valence-corrected chi connectivity index (χ3v) is 4.49. The molecule has 23 heavy (non-hydrogen) atoms. The van der Waals surface area contributed by atoms with Crippen LogP contribution in [0.25, 0.3) is 0 Å². The Morgan fingerprint density at radius 2 is 1.91 bits per heavy atom. The van der Waals surface area contributed by atoms with E-state index in [1.54, 1.807) is 4.90 Å². The summed E-state index contributed by atoms with van der Waals surface area (Å²) < 4.78 is 10.3. The van der Waals surface area contributed by atoms with Crippen LogP contribution in [0, 0.1) is 5.41 Å². The molecule has 0 N–H and O–H groups in total. The van der Waals surface area contributed by atoms with Crippen molar-refractivity contribution in [3.63, 3.8) is 0 Å². The number of hydrogen-bond donors (Lipinski definition) is 0. The average Bonchev–Trinajstić information content (AvgIpc) is 2.59. The Bertz CT molecular complexity index is 541. The highest BCUT2D eigenvalue weighted by atomic mass is 16.6. The van der Waals surface area contributed by atoms with Gasteiger partial charge in [0.05, 0.1) is 18.6 Å². The molecule has 2 rings (SSSR count). The number of methoxy groups -OCH3 is 1. The molecule has 1 atom stereocenters. The van der Waals surface area contributed by atoms with E-state index in [9.17, 15) is 9.59 Å². The van der Waals surface area contributed by atoms with Crippen molar-refractivity contribution in [1.29, 1.82) is 0 Å². The lowest BCUT2D eigenvalue weighted by atomic mass is 9.79. The quantitative estimate of drug-likeness (QED) is 0.798. The van der Waals surface area contributed by atoms with Crippen molar-refractivity contribution in [2.75, 3.05) is 13.7 Å². The number of hydrogen-bond acceptors (Lipinski definition) is 4. The number of ether oxygens (including phenoxy) is 2. The Hall–Kier alpha value is -2.04. The number of piperidine rings is 1. The Morgan fingerprint density at radius 3 is 2.57 bits per heavy atom. The molecule has 1 aliphatic heterocycles. The number of benzene rings is 1. The Morgan fingerprint density at radius 1 is 1.22 bits per heavy atom. The summed E-state index contributed by atoms with van der Waals surface area (Å²) in [6.45, 7) is 4.50. The largest absolute Gasteiger partial charge is 0.469 e. The number of amides is 1. The van der Waals surface area contributed by atoms with Crippen LogP contribution in [0.1, 0.15) is 38.7 Å². The zero-order valence-electron chi connectivity index (χ0n) is 14.1. The molecule has 0 aliphatic carbocycles. The molecule has 5 heteroatoms. The van der Waals surface area contributed by atoms with Crippen LogP contribution >= 0.6 is 0 Å². The van der Waals surface area contributed by atoms with Gasteiger partial charge in [-0.05, 0) is 38.7 Å². The lowest BCUT2D eigenvalue weighted by Gasteiger charge is -2.42. The molecule has 0 bridgehead atoms. The van der Waals surface area contributed by atoms with Crippen LogP contribution < -0.4 is 0 Å². The maximum absolute atomic E-state index is 12.5. The van der Waals surface area contributed by atoms with Crippen LogP contribution in [0.5, 0.6) is 0 Å². The zero-order valence-corrected chi connectivity index (χ0v) is 14.1. The molecule has 5 nitrogen and oxygen atoms in total. The molecule has 1 unspecified atom stereocenters. The van der Waals surface area contributed by atoms with E-state index in [-0.39, 0.29) is 24.7 Å². The van der Waals surface area contributed by atoms with E-state index in [2.05, 4.69) is 0 Å². The van der Waals surface area contributed by atoms with E-state index in [1.807, 2.05) is 44.2 Å². The highest BCUT2D eigenvalue weighted by Crippen LogP contribution is 2.34. The Balaban J connectivity index is 2.05. The molecule has 0 radical (unpaired) electrons. The first kappa shape index (κ1) is 17.3. The topological polar surface area (TPSA) is 55.8 Å². The molecule has 1 fully saturated rings. The summed E-state index contributed by atoms with van der Waals surface area (Å²) in [5, 5.41) is 0.